The van der Waals surface area contributed by atoms with Crippen LogP contribution in [0.2, 0.25) is 0 Å². The van der Waals surface area contributed by atoms with Gasteiger partial charge in [0.1, 0.15) is 0 Å². The second-order valence-electron chi connectivity index (χ2n) is 8.32. The van der Waals surface area contributed by atoms with Crippen molar-refractivity contribution in [3.63, 3.8) is 0 Å². The lowest BCUT2D eigenvalue weighted by Gasteiger charge is -2.40. The highest BCUT2D eigenvalue weighted by Gasteiger charge is 2.37. The maximum atomic E-state index is 11.9. The summed E-state index contributed by atoms with van der Waals surface area (Å²) in [5, 5.41) is 16.0. The smallest absolute Gasteiger partial charge is 0.220 e. The molecule has 2 N–H and O–H groups in total. The molecule has 6 heteroatoms. The van der Waals surface area contributed by atoms with Crippen molar-refractivity contribution in [3.05, 3.63) is 35.4 Å². The normalized spacial score (nSPS) is 29.4. The molecule has 3 saturated heterocycles. The van der Waals surface area contributed by atoms with Crippen LogP contribution in [-0.2, 0) is 16.1 Å². The maximum Gasteiger partial charge on any atom is 0.220 e. The number of likely N-dealkylation sites (tertiary alicyclic amines) is 1. The number of hydrogen-bond acceptors (Lipinski definition) is 5. The molecule has 3 atom stereocenters. The van der Waals surface area contributed by atoms with Crippen molar-refractivity contribution in [1.82, 2.24) is 15.5 Å². The quantitative estimate of drug-likeness (QED) is 0.814. The Bertz CT molecular complexity index is 700. The van der Waals surface area contributed by atoms with Gasteiger partial charge in [-0.3, -0.25) is 9.69 Å². The molecule has 3 unspecified atom stereocenters. The van der Waals surface area contributed by atoms with E-state index in [1.54, 1.807) is 0 Å². The summed E-state index contributed by atoms with van der Waals surface area (Å²) in [7, 11) is 0. The number of benzene rings is 1. The first-order valence-corrected chi connectivity index (χ1v) is 10.6. The Morgan fingerprint density at radius 3 is 2.64 bits per heavy atom. The molecule has 0 spiro atoms. The van der Waals surface area contributed by atoms with Crippen LogP contribution in [0.25, 0.3) is 0 Å². The van der Waals surface area contributed by atoms with Crippen molar-refractivity contribution < 1.29 is 9.53 Å². The van der Waals surface area contributed by atoms with Crippen LogP contribution < -0.4 is 10.6 Å². The van der Waals surface area contributed by atoms with Gasteiger partial charge >= 0.3 is 0 Å². The summed E-state index contributed by atoms with van der Waals surface area (Å²) in [5.74, 6) is 0.163. The summed E-state index contributed by atoms with van der Waals surface area (Å²) in [6.45, 7) is 3.90. The molecule has 28 heavy (non-hydrogen) atoms. The zero-order valence-corrected chi connectivity index (χ0v) is 16.4. The van der Waals surface area contributed by atoms with Crippen molar-refractivity contribution in [2.24, 2.45) is 0 Å². The third kappa shape index (κ3) is 4.72. The average Bonchev–Trinajstić information content (AvgIpc) is 3.26. The number of nitriles is 1. The number of carbonyl (C=O) groups excluding carboxylic acids is 1. The fourth-order valence-electron chi connectivity index (χ4n) is 4.75. The van der Waals surface area contributed by atoms with Crippen LogP contribution in [0, 0.1) is 11.3 Å². The van der Waals surface area contributed by atoms with E-state index in [1.807, 2.05) is 12.1 Å². The van der Waals surface area contributed by atoms with Crippen LogP contribution in [0.1, 0.15) is 49.7 Å². The minimum atomic E-state index is 0.112. The minimum Gasteiger partial charge on any atom is -0.376 e. The molecule has 1 amide bonds. The Morgan fingerprint density at radius 2 is 1.96 bits per heavy atom. The molecule has 3 fully saturated rings. The lowest BCUT2D eigenvalue weighted by molar-refractivity contribution is -0.125. The minimum absolute atomic E-state index is 0.112. The zero-order valence-electron chi connectivity index (χ0n) is 16.4. The van der Waals surface area contributed by atoms with Crippen molar-refractivity contribution in [2.75, 3.05) is 19.7 Å². The largest absolute Gasteiger partial charge is 0.376 e. The number of ether oxygens (including phenoxy) is 1. The number of nitrogens with zero attached hydrogens (tertiary/aromatic N) is 2. The Hall–Kier alpha value is -1.94. The van der Waals surface area contributed by atoms with Gasteiger partial charge in [-0.25, -0.2) is 0 Å². The molecule has 6 nitrogen and oxygen atoms in total. The molecule has 4 rings (SSSR count). The van der Waals surface area contributed by atoms with Gasteiger partial charge in [-0.1, -0.05) is 12.1 Å². The molecule has 0 aliphatic carbocycles. The highest BCUT2D eigenvalue weighted by Crippen LogP contribution is 2.24. The summed E-state index contributed by atoms with van der Waals surface area (Å²) in [5.41, 5.74) is 1.98. The summed E-state index contributed by atoms with van der Waals surface area (Å²) in [4.78, 5) is 14.4. The van der Waals surface area contributed by atoms with E-state index in [4.69, 9.17) is 10.00 Å². The molecule has 3 aliphatic heterocycles. The maximum absolute atomic E-state index is 11.9. The van der Waals surface area contributed by atoms with Gasteiger partial charge in [0.2, 0.25) is 5.91 Å². The molecule has 3 aliphatic rings. The Kier molecular flexibility index (Phi) is 6.26. The van der Waals surface area contributed by atoms with Gasteiger partial charge in [-0.2, -0.15) is 5.26 Å². The molecular weight excluding hydrogens is 352 g/mol. The van der Waals surface area contributed by atoms with Gasteiger partial charge in [0.25, 0.3) is 0 Å². The molecule has 0 bridgehead atoms. The number of amides is 1. The third-order valence-electron chi connectivity index (χ3n) is 6.34. The van der Waals surface area contributed by atoms with E-state index in [-0.39, 0.29) is 18.1 Å². The van der Waals surface area contributed by atoms with Gasteiger partial charge in [0.15, 0.2) is 0 Å². The summed E-state index contributed by atoms with van der Waals surface area (Å²) >= 11 is 0. The molecular formula is C22H30N4O2. The molecule has 1 aromatic rings. The van der Waals surface area contributed by atoms with Crippen LogP contribution in [-0.4, -0.2) is 54.7 Å². The predicted molar refractivity (Wildman–Crippen MR) is 107 cm³/mol. The summed E-state index contributed by atoms with van der Waals surface area (Å²) in [6, 6.07) is 11.0. The first kappa shape index (κ1) is 19.4. The van der Waals surface area contributed by atoms with E-state index in [1.165, 1.54) is 5.56 Å². The van der Waals surface area contributed by atoms with Crippen molar-refractivity contribution in [3.8, 4) is 6.07 Å². The topological polar surface area (TPSA) is 77.4 Å². The monoisotopic (exact) mass is 382 g/mol. The number of hydrogen-bond donors (Lipinski definition) is 2. The Morgan fingerprint density at radius 1 is 1.18 bits per heavy atom. The molecule has 1 aromatic carbocycles. The van der Waals surface area contributed by atoms with E-state index in [0.29, 0.717) is 24.1 Å². The van der Waals surface area contributed by atoms with E-state index in [9.17, 15) is 4.79 Å². The summed E-state index contributed by atoms with van der Waals surface area (Å²) in [6.07, 6.45) is 6.07. The van der Waals surface area contributed by atoms with E-state index < -0.39 is 0 Å². The SMILES string of the molecule is N#Cc1ccc(CN2CCC(NC3CCC(=O)NC3C3CCCO3)CC2)cc1. The van der Waals surface area contributed by atoms with Crippen molar-refractivity contribution in [1.29, 1.82) is 5.26 Å². The van der Waals surface area contributed by atoms with E-state index >= 15 is 0 Å². The highest BCUT2D eigenvalue weighted by atomic mass is 16.5. The highest BCUT2D eigenvalue weighted by molar-refractivity contribution is 5.77. The van der Waals surface area contributed by atoms with Gasteiger partial charge in [0.05, 0.1) is 23.8 Å². The second-order valence-corrected chi connectivity index (χ2v) is 8.32. The van der Waals surface area contributed by atoms with Gasteiger partial charge < -0.3 is 15.4 Å². The van der Waals surface area contributed by atoms with Crippen LogP contribution in [0.4, 0.5) is 0 Å². The van der Waals surface area contributed by atoms with Gasteiger partial charge in [-0.15, -0.1) is 0 Å². The number of piperidine rings is 2. The van der Waals surface area contributed by atoms with Crippen LogP contribution in [0.3, 0.4) is 0 Å². The first-order chi connectivity index (χ1) is 13.7. The molecule has 0 aromatic heterocycles. The Balaban J connectivity index is 1.27. The van der Waals surface area contributed by atoms with E-state index in [0.717, 1.165) is 58.3 Å². The van der Waals surface area contributed by atoms with Gasteiger partial charge in [0, 0.05) is 31.7 Å². The molecule has 150 valence electrons. The number of rotatable bonds is 5. The standard InChI is InChI=1S/C22H30N4O2/c23-14-16-3-5-17(6-4-16)15-26-11-9-18(10-12-26)24-19-7-8-21(27)25-22(19)20-2-1-13-28-20/h3-6,18-20,22,24H,1-2,7-13,15H2,(H,25,27). The number of carbonyl (C=O) groups is 1. The number of nitrogens with one attached hydrogen (secondary N) is 2. The van der Waals surface area contributed by atoms with Crippen LogP contribution in [0.15, 0.2) is 24.3 Å². The van der Waals surface area contributed by atoms with Gasteiger partial charge in [-0.05, 0) is 62.9 Å². The lowest BCUT2D eigenvalue weighted by atomic mass is 9.90. The van der Waals surface area contributed by atoms with Crippen molar-refractivity contribution >= 4 is 5.91 Å². The lowest BCUT2D eigenvalue weighted by Crippen LogP contribution is -2.61. The van der Waals surface area contributed by atoms with Crippen LogP contribution in [0.5, 0.6) is 0 Å². The first-order valence-electron chi connectivity index (χ1n) is 10.6. The second kappa shape index (κ2) is 9.04. The fourth-order valence-corrected chi connectivity index (χ4v) is 4.75. The Labute approximate surface area is 167 Å². The predicted octanol–water partition coefficient (Wildman–Crippen LogP) is 1.94. The average molecular weight is 383 g/mol. The third-order valence-corrected chi connectivity index (χ3v) is 6.34. The zero-order chi connectivity index (χ0) is 19.3. The fraction of sp³-hybridized carbons (Fsp3) is 0.636. The van der Waals surface area contributed by atoms with Crippen LogP contribution >= 0.6 is 0 Å². The molecule has 0 radical (unpaired) electrons. The van der Waals surface area contributed by atoms with E-state index in [2.05, 4.69) is 33.7 Å². The van der Waals surface area contributed by atoms with Crippen molar-refractivity contribution in [2.45, 2.75) is 69.3 Å². The summed E-state index contributed by atoms with van der Waals surface area (Å²) < 4.78 is 5.88. The molecule has 0 saturated carbocycles. The molecule has 3 heterocycles.